The minimum Gasteiger partial charge on any atom is -0.352 e. The highest BCUT2D eigenvalue weighted by molar-refractivity contribution is 6.33. The van der Waals surface area contributed by atoms with Gasteiger partial charge in [0.1, 0.15) is 11.6 Å². The van der Waals surface area contributed by atoms with Gasteiger partial charge in [-0.05, 0) is 93.2 Å². The second kappa shape index (κ2) is 9.81. The van der Waals surface area contributed by atoms with Gasteiger partial charge in [-0.25, -0.2) is 8.78 Å². The summed E-state index contributed by atoms with van der Waals surface area (Å²) in [5.74, 6) is -0.369. The Morgan fingerprint density at radius 3 is 2.54 bits per heavy atom. The van der Waals surface area contributed by atoms with Crippen molar-refractivity contribution in [2.75, 3.05) is 18.4 Å². The Morgan fingerprint density at radius 1 is 0.943 bits per heavy atom. The largest absolute Gasteiger partial charge is 0.352 e. The Labute approximate surface area is 214 Å². The number of piperidine rings is 1. The lowest BCUT2D eigenvalue weighted by molar-refractivity contribution is 0.168. The Bertz CT molecular complexity index is 1360. The van der Waals surface area contributed by atoms with E-state index in [1.165, 1.54) is 35.9 Å². The third-order valence-corrected chi connectivity index (χ3v) is 7.35. The molecule has 1 aromatic heterocycles. The van der Waals surface area contributed by atoms with Gasteiger partial charge in [0.2, 0.25) is 0 Å². The molecule has 7 heteroatoms. The fraction of sp³-hybridized carbons (Fsp3) is 0.286. The number of rotatable bonds is 5. The van der Waals surface area contributed by atoms with Crippen LogP contribution < -0.4 is 5.32 Å². The fourth-order valence-corrected chi connectivity index (χ4v) is 5.36. The zero-order valence-corrected chi connectivity index (χ0v) is 21.2. The second-order valence-corrected chi connectivity index (χ2v) is 10.3. The van der Waals surface area contributed by atoms with Crippen LogP contribution in [0.15, 0.2) is 60.8 Å². The standard InChI is InChI=1S/C28H27Cl2F2N3/c1-17(2)34-9-3-4-19(15-34)18-5-8-28-24(10-18)27(33-26-14-21(31)6-7-25(26)30)16-35(28)23-12-20(29)11-22(32)13-23/h5-8,10-14,16-17,19,33H,3-4,9,15H2,1-2H3. The summed E-state index contributed by atoms with van der Waals surface area (Å²) in [7, 11) is 0. The predicted molar refractivity (Wildman–Crippen MR) is 142 cm³/mol. The van der Waals surface area contributed by atoms with Gasteiger partial charge in [-0.1, -0.05) is 29.3 Å². The summed E-state index contributed by atoms with van der Waals surface area (Å²) in [6.45, 7) is 6.61. The summed E-state index contributed by atoms with van der Waals surface area (Å²) in [6, 6.07) is 15.6. The fourth-order valence-electron chi connectivity index (χ4n) is 4.98. The van der Waals surface area contributed by atoms with Gasteiger partial charge in [0, 0.05) is 29.2 Å². The summed E-state index contributed by atoms with van der Waals surface area (Å²) < 4.78 is 30.1. The molecule has 0 amide bonds. The summed E-state index contributed by atoms with van der Waals surface area (Å²) in [4.78, 5) is 2.52. The lowest BCUT2D eigenvalue weighted by Gasteiger charge is -2.35. The van der Waals surface area contributed by atoms with Crippen molar-refractivity contribution >= 4 is 45.5 Å². The van der Waals surface area contributed by atoms with Crippen molar-refractivity contribution < 1.29 is 8.78 Å². The van der Waals surface area contributed by atoms with Gasteiger partial charge in [-0.15, -0.1) is 0 Å². The van der Waals surface area contributed by atoms with Crippen LogP contribution in [-0.4, -0.2) is 28.6 Å². The molecule has 0 saturated carbocycles. The molecule has 1 N–H and O–H groups in total. The van der Waals surface area contributed by atoms with Gasteiger partial charge in [-0.2, -0.15) is 0 Å². The molecule has 3 nitrogen and oxygen atoms in total. The van der Waals surface area contributed by atoms with Crippen LogP contribution >= 0.6 is 23.2 Å². The van der Waals surface area contributed by atoms with E-state index in [2.05, 4.69) is 42.3 Å². The first kappa shape index (κ1) is 24.1. The number of hydrogen-bond donors (Lipinski definition) is 1. The molecule has 1 aliphatic rings. The summed E-state index contributed by atoms with van der Waals surface area (Å²) in [6.07, 6.45) is 4.17. The molecule has 3 aromatic carbocycles. The molecule has 2 heterocycles. The van der Waals surface area contributed by atoms with Gasteiger partial charge in [0.05, 0.1) is 27.6 Å². The Hall–Kier alpha value is -2.60. The lowest BCUT2D eigenvalue weighted by Crippen LogP contribution is -2.39. The van der Waals surface area contributed by atoms with E-state index in [1.807, 2.05) is 10.8 Å². The lowest BCUT2D eigenvalue weighted by atomic mass is 9.89. The van der Waals surface area contributed by atoms with Gasteiger partial charge in [0.25, 0.3) is 0 Å². The van der Waals surface area contributed by atoms with Crippen molar-refractivity contribution in [3.63, 3.8) is 0 Å². The molecule has 35 heavy (non-hydrogen) atoms. The number of likely N-dealkylation sites (tertiary alicyclic amines) is 1. The van der Waals surface area contributed by atoms with E-state index < -0.39 is 5.82 Å². The molecular formula is C28H27Cl2F2N3. The van der Waals surface area contributed by atoms with Gasteiger partial charge >= 0.3 is 0 Å². The van der Waals surface area contributed by atoms with Crippen molar-refractivity contribution in [2.45, 2.75) is 38.6 Å². The first-order valence-corrected chi connectivity index (χ1v) is 12.6. The van der Waals surface area contributed by atoms with Crippen molar-refractivity contribution in [3.8, 4) is 5.69 Å². The van der Waals surface area contributed by atoms with E-state index in [9.17, 15) is 8.78 Å². The zero-order valence-electron chi connectivity index (χ0n) is 19.7. The SMILES string of the molecule is CC(C)N1CCCC(c2ccc3c(c2)c(Nc2cc(F)ccc2Cl)cn3-c2cc(F)cc(Cl)c2)C1. The molecular weight excluding hydrogens is 487 g/mol. The average Bonchev–Trinajstić information content (AvgIpc) is 3.18. The van der Waals surface area contributed by atoms with E-state index in [1.54, 1.807) is 6.07 Å². The summed E-state index contributed by atoms with van der Waals surface area (Å²) in [5, 5.41) is 4.98. The van der Waals surface area contributed by atoms with E-state index in [4.69, 9.17) is 23.2 Å². The van der Waals surface area contributed by atoms with Gasteiger partial charge in [-0.3, -0.25) is 0 Å². The smallest absolute Gasteiger partial charge is 0.126 e. The molecule has 1 aliphatic heterocycles. The molecule has 182 valence electrons. The molecule has 1 saturated heterocycles. The predicted octanol–water partition coefficient (Wildman–Crippen LogP) is 8.55. The Balaban J connectivity index is 1.63. The zero-order chi connectivity index (χ0) is 24.7. The maximum atomic E-state index is 14.2. The van der Waals surface area contributed by atoms with E-state index >= 15 is 0 Å². The number of fused-ring (bicyclic) bond motifs is 1. The number of nitrogens with zero attached hydrogens (tertiary/aromatic N) is 2. The molecule has 0 bridgehead atoms. The monoisotopic (exact) mass is 513 g/mol. The molecule has 0 spiro atoms. The van der Waals surface area contributed by atoms with E-state index in [0.717, 1.165) is 42.5 Å². The number of anilines is 2. The topological polar surface area (TPSA) is 20.2 Å². The quantitative estimate of drug-likeness (QED) is 0.288. The summed E-state index contributed by atoms with van der Waals surface area (Å²) >= 11 is 12.5. The minimum atomic E-state index is -0.412. The maximum Gasteiger partial charge on any atom is 0.126 e. The van der Waals surface area contributed by atoms with Crippen LogP contribution in [0.3, 0.4) is 0 Å². The van der Waals surface area contributed by atoms with Crippen molar-refractivity contribution in [3.05, 3.63) is 88.0 Å². The normalized spacial score (nSPS) is 16.8. The van der Waals surface area contributed by atoms with Crippen LogP contribution in [0.5, 0.6) is 0 Å². The molecule has 1 atom stereocenters. The molecule has 1 fully saturated rings. The highest BCUT2D eigenvalue weighted by atomic mass is 35.5. The number of benzene rings is 3. The third-order valence-electron chi connectivity index (χ3n) is 6.81. The molecule has 0 aliphatic carbocycles. The second-order valence-electron chi connectivity index (χ2n) is 9.49. The molecule has 5 rings (SSSR count). The minimum absolute atomic E-state index is 0.317. The number of halogens is 4. The molecule has 0 radical (unpaired) electrons. The van der Waals surface area contributed by atoms with Gasteiger partial charge in [0.15, 0.2) is 0 Å². The van der Waals surface area contributed by atoms with Crippen LogP contribution in [-0.2, 0) is 0 Å². The van der Waals surface area contributed by atoms with Crippen LogP contribution in [0.2, 0.25) is 10.0 Å². The highest BCUT2D eigenvalue weighted by Gasteiger charge is 2.24. The number of nitrogens with one attached hydrogen (secondary N) is 1. The molecule has 4 aromatic rings. The third kappa shape index (κ3) is 5.04. The number of aromatic nitrogens is 1. The first-order valence-electron chi connectivity index (χ1n) is 11.9. The van der Waals surface area contributed by atoms with Crippen molar-refractivity contribution in [2.24, 2.45) is 0 Å². The average molecular weight is 514 g/mol. The van der Waals surface area contributed by atoms with Crippen LogP contribution in [0, 0.1) is 11.6 Å². The van der Waals surface area contributed by atoms with E-state index in [-0.39, 0.29) is 5.82 Å². The Kier molecular flexibility index (Phi) is 6.75. The first-order chi connectivity index (χ1) is 16.8. The van der Waals surface area contributed by atoms with E-state index in [0.29, 0.717) is 33.4 Å². The molecule has 1 unspecified atom stereocenters. The Morgan fingerprint density at radius 2 is 1.77 bits per heavy atom. The van der Waals surface area contributed by atoms with Crippen molar-refractivity contribution in [1.29, 1.82) is 0 Å². The van der Waals surface area contributed by atoms with Gasteiger partial charge < -0.3 is 14.8 Å². The summed E-state index contributed by atoms with van der Waals surface area (Å²) in [5.41, 5.74) is 3.98. The van der Waals surface area contributed by atoms with Crippen LogP contribution in [0.1, 0.15) is 38.2 Å². The highest BCUT2D eigenvalue weighted by Crippen LogP contribution is 2.37. The van der Waals surface area contributed by atoms with Crippen LogP contribution in [0.25, 0.3) is 16.6 Å². The van der Waals surface area contributed by atoms with Crippen molar-refractivity contribution in [1.82, 2.24) is 9.47 Å². The maximum absolute atomic E-state index is 14.2. The number of hydrogen-bond acceptors (Lipinski definition) is 2. The van der Waals surface area contributed by atoms with Crippen LogP contribution in [0.4, 0.5) is 20.2 Å².